The Hall–Kier alpha value is -4.18. The van der Waals surface area contributed by atoms with Crippen LogP contribution in [0.1, 0.15) is 37.0 Å². The molecule has 39 heavy (non-hydrogen) atoms. The minimum Gasteiger partial charge on any atom is -0.481 e. The Labute approximate surface area is 228 Å². The third kappa shape index (κ3) is 4.54. The van der Waals surface area contributed by atoms with Crippen molar-refractivity contribution in [2.45, 2.75) is 37.7 Å². The Morgan fingerprint density at radius 1 is 1.13 bits per heavy atom. The van der Waals surface area contributed by atoms with E-state index < -0.39 is 23.9 Å². The molecule has 1 fully saturated rings. The molecule has 9 nitrogen and oxygen atoms in total. The second-order valence-corrected chi connectivity index (χ2v) is 10.0. The van der Waals surface area contributed by atoms with E-state index in [1.54, 1.807) is 19.3 Å². The Bertz CT molecular complexity index is 1660. The number of aliphatic hydroxyl groups is 1. The first-order valence-corrected chi connectivity index (χ1v) is 12.8. The van der Waals surface area contributed by atoms with E-state index in [0.717, 1.165) is 33.3 Å². The number of fused-ring (bicyclic) bond motifs is 1. The minimum absolute atomic E-state index is 0.439. The van der Waals surface area contributed by atoms with Crippen molar-refractivity contribution >= 4 is 34.3 Å². The Kier molecular flexibility index (Phi) is 6.34. The molecule has 5 aromatic rings. The predicted octanol–water partition coefficient (Wildman–Crippen LogP) is 6.12. The zero-order valence-electron chi connectivity index (χ0n) is 20.9. The second kappa shape index (κ2) is 9.85. The first-order valence-electron chi connectivity index (χ1n) is 12.5. The number of carboxylic acids is 1. The summed E-state index contributed by atoms with van der Waals surface area (Å²) in [5.41, 5.74) is 5.17. The van der Waals surface area contributed by atoms with Crippen LogP contribution in [0, 0.1) is 0 Å². The molecule has 4 N–H and O–H groups in total. The van der Waals surface area contributed by atoms with Crippen LogP contribution >= 0.6 is 11.6 Å². The molecule has 1 aliphatic rings. The van der Waals surface area contributed by atoms with E-state index in [4.69, 9.17) is 20.9 Å². The third-order valence-corrected chi connectivity index (χ3v) is 7.58. The maximum absolute atomic E-state index is 11.9. The average Bonchev–Trinajstić information content (AvgIpc) is 3.36. The number of nitrogens with zero attached hydrogens (tertiary/aromatic N) is 2. The van der Waals surface area contributed by atoms with E-state index in [1.807, 2.05) is 54.6 Å². The molecule has 0 amide bonds. The molecule has 0 radical (unpaired) electrons. The quantitative estimate of drug-likeness (QED) is 0.163. The molecule has 2 heterocycles. The molecule has 1 saturated carbocycles. The number of H-pyrrole nitrogens is 1. The van der Waals surface area contributed by atoms with Crippen molar-refractivity contribution in [2.75, 3.05) is 5.32 Å². The van der Waals surface area contributed by atoms with Crippen LogP contribution in [0.5, 0.6) is 0 Å². The van der Waals surface area contributed by atoms with Gasteiger partial charge in [-0.25, -0.2) is 4.98 Å². The Morgan fingerprint density at radius 2 is 1.87 bits per heavy atom. The van der Waals surface area contributed by atoms with Crippen molar-refractivity contribution in [1.29, 1.82) is 0 Å². The van der Waals surface area contributed by atoms with Crippen LogP contribution in [0.15, 0.2) is 77.7 Å². The number of aromatic amines is 1. The molecule has 0 spiro atoms. The maximum atomic E-state index is 11.9. The lowest BCUT2D eigenvalue weighted by atomic mass is 9.91. The van der Waals surface area contributed by atoms with E-state index in [1.165, 1.54) is 6.20 Å². The molecule has 198 valence electrons. The van der Waals surface area contributed by atoms with Gasteiger partial charge in [0.1, 0.15) is 5.69 Å². The lowest BCUT2D eigenvalue weighted by Crippen LogP contribution is -2.24. The number of ether oxygens (including phenoxy) is 1. The van der Waals surface area contributed by atoms with Gasteiger partial charge in [-0.1, -0.05) is 71.4 Å². The van der Waals surface area contributed by atoms with Crippen molar-refractivity contribution in [3.8, 4) is 22.5 Å². The van der Waals surface area contributed by atoms with Gasteiger partial charge in [0, 0.05) is 16.1 Å². The highest BCUT2D eigenvalue weighted by Crippen LogP contribution is 2.51. The molecule has 2 unspecified atom stereocenters. The molecule has 2 atom stereocenters. The number of hydrogen-bond donors (Lipinski definition) is 4. The van der Waals surface area contributed by atoms with Crippen molar-refractivity contribution < 1.29 is 24.3 Å². The number of aliphatic hydroxyl groups excluding tert-OH is 1. The Balaban J connectivity index is 1.21. The van der Waals surface area contributed by atoms with Gasteiger partial charge in [-0.15, -0.1) is 0 Å². The van der Waals surface area contributed by atoms with Crippen LogP contribution in [-0.4, -0.2) is 37.7 Å². The second-order valence-electron chi connectivity index (χ2n) is 9.62. The summed E-state index contributed by atoms with van der Waals surface area (Å²) in [6.45, 7) is 1.80. The monoisotopic (exact) mass is 544 g/mol. The van der Waals surface area contributed by atoms with Crippen molar-refractivity contribution in [3.05, 3.63) is 89.3 Å². The number of halogens is 1. The molecule has 1 aliphatic carbocycles. The first kappa shape index (κ1) is 25.1. The number of anilines is 1. The van der Waals surface area contributed by atoms with Gasteiger partial charge < -0.3 is 29.8 Å². The highest BCUT2D eigenvalue weighted by molar-refractivity contribution is 6.31. The van der Waals surface area contributed by atoms with Crippen LogP contribution in [-0.2, 0) is 14.9 Å². The van der Waals surface area contributed by atoms with E-state index >= 15 is 0 Å². The topological polar surface area (TPSA) is 134 Å². The van der Waals surface area contributed by atoms with Crippen molar-refractivity contribution in [1.82, 2.24) is 15.1 Å². The fraction of sp³-hybridized carbons (Fsp3) is 0.207. The first-order chi connectivity index (χ1) is 18.9. The third-order valence-electron chi connectivity index (χ3n) is 7.24. The van der Waals surface area contributed by atoms with Gasteiger partial charge in [-0.3, -0.25) is 4.79 Å². The standard InChI is InChI=1S/C29H25ClN4O5/c1-16(19-4-2-3-5-22(19)30)38-28(37)34-23-14-33-39-26(23)18-8-6-17(7-9-18)20-10-11-21(25-24(20)31-15-32-25)29(12-13-29)27(35)36/h2-11,14-16,28,34,37H,12-13H2,1H3,(H,31,32)(H,35,36). The van der Waals surface area contributed by atoms with Crippen molar-refractivity contribution in [3.63, 3.8) is 0 Å². The van der Waals surface area contributed by atoms with Crippen LogP contribution in [0.25, 0.3) is 33.5 Å². The SMILES string of the molecule is CC(OC(O)Nc1cnoc1-c1ccc(-c2ccc(C3(C(=O)O)CC3)c3nc[nH]c23)cc1)c1ccccc1Cl. The summed E-state index contributed by atoms with van der Waals surface area (Å²) in [5, 5.41) is 27.6. The highest BCUT2D eigenvalue weighted by Gasteiger charge is 2.53. The summed E-state index contributed by atoms with van der Waals surface area (Å²) in [6.07, 6.45) is 2.51. The number of benzene rings is 3. The summed E-state index contributed by atoms with van der Waals surface area (Å²) in [5.74, 6) is -0.372. The molecule has 6 rings (SSSR count). The molecular formula is C29H25ClN4O5. The van der Waals surface area contributed by atoms with E-state index in [0.29, 0.717) is 34.8 Å². The molecule has 3 aromatic carbocycles. The summed E-state index contributed by atoms with van der Waals surface area (Å²) in [4.78, 5) is 19.5. The number of aliphatic carboxylic acids is 1. The van der Waals surface area contributed by atoms with E-state index in [-0.39, 0.29) is 0 Å². The lowest BCUT2D eigenvalue weighted by Gasteiger charge is -2.20. The smallest absolute Gasteiger partial charge is 0.314 e. The summed E-state index contributed by atoms with van der Waals surface area (Å²) in [6, 6.07) is 18.7. The van der Waals surface area contributed by atoms with Crippen molar-refractivity contribution in [2.24, 2.45) is 0 Å². The number of nitrogens with one attached hydrogen (secondary N) is 2. The summed E-state index contributed by atoms with van der Waals surface area (Å²) >= 11 is 6.24. The number of hydrogen-bond acceptors (Lipinski definition) is 7. The fourth-order valence-electron chi connectivity index (χ4n) is 4.97. The zero-order valence-corrected chi connectivity index (χ0v) is 21.6. The molecule has 0 aliphatic heterocycles. The fourth-order valence-corrected chi connectivity index (χ4v) is 5.26. The lowest BCUT2D eigenvalue weighted by molar-refractivity contribution is -0.140. The molecule has 2 aromatic heterocycles. The summed E-state index contributed by atoms with van der Waals surface area (Å²) < 4.78 is 11.2. The Morgan fingerprint density at radius 3 is 2.59 bits per heavy atom. The van der Waals surface area contributed by atoms with Gasteiger partial charge in [0.2, 0.25) is 6.41 Å². The number of rotatable bonds is 9. The van der Waals surface area contributed by atoms with E-state index in [9.17, 15) is 15.0 Å². The molecule has 0 saturated heterocycles. The van der Waals surface area contributed by atoms with Gasteiger partial charge in [-0.2, -0.15) is 0 Å². The normalized spacial score (nSPS) is 15.7. The number of carboxylic acid groups (broad SMARTS) is 1. The summed E-state index contributed by atoms with van der Waals surface area (Å²) in [7, 11) is 0. The predicted molar refractivity (Wildman–Crippen MR) is 146 cm³/mol. The van der Waals surface area contributed by atoms with Crippen LogP contribution in [0.2, 0.25) is 5.02 Å². The largest absolute Gasteiger partial charge is 0.481 e. The molecular weight excluding hydrogens is 520 g/mol. The van der Waals surface area contributed by atoms with Crippen LogP contribution in [0.3, 0.4) is 0 Å². The zero-order chi connectivity index (χ0) is 27.1. The number of aromatic nitrogens is 3. The van der Waals surface area contributed by atoms with Gasteiger partial charge in [0.05, 0.1) is 35.1 Å². The minimum atomic E-state index is -1.33. The number of carbonyl (C=O) groups is 1. The van der Waals surface area contributed by atoms with Crippen LogP contribution in [0.4, 0.5) is 5.69 Å². The molecule has 0 bridgehead atoms. The highest BCUT2D eigenvalue weighted by atomic mass is 35.5. The van der Waals surface area contributed by atoms with Gasteiger partial charge >= 0.3 is 5.97 Å². The van der Waals surface area contributed by atoms with Gasteiger partial charge in [0.15, 0.2) is 5.76 Å². The van der Waals surface area contributed by atoms with E-state index in [2.05, 4.69) is 20.4 Å². The van der Waals surface area contributed by atoms with Gasteiger partial charge in [0.25, 0.3) is 0 Å². The number of imidazole rings is 1. The van der Waals surface area contributed by atoms with Crippen LogP contribution < -0.4 is 5.32 Å². The average molecular weight is 545 g/mol. The molecule has 10 heteroatoms. The van der Waals surface area contributed by atoms with Gasteiger partial charge in [-0.05, 0) is 42.5 Å². The maximum Gasteiger partial charge on any atom is 0.314 e.